The van der Waals surface area contributed by atoms with E-state index in [1.54, 1.807) is 18.5 Å². The Balaban J connectivity index is 2.41. The van der Waals surface area contributed by atoms with E-state index in [0.717, 1.165) is 24.8 Å². The SMILES string of the molecule is CC(C)C1CCCCC1(O)c1cnccc1N. The largest absolute Gasteiger partial charge is 0.398 e. The molecule has 0 saturated heterocycles. The highest BCUT2D eigenvalue weighted by Gasteiger charge is 2.42. The molecule has 1 fully saturated rings. The van der Waals surface area contributed by atoms with Gasteiger partial charge in [-0.1, -0.05) is 26.7 Å². The Labute approximate surface area is 103 Å². The number of rotatable bonds is 2. The summed E-state index contributed by atoms with van der Waals surface area (Å²) in [5.74, 6) is 0.739. The monoisotopic (exact) mass is 234 g/mol. The minimum Gasteiger partial charge on any atom is -0.398 e. The van der Waals surface area contributed by atoms with Crippen LogP contribution in [0.1, 0.15) is 45.1 Å². The van der Waals surface area contributed by atoms with E-state index in [0.29, 0.717) is 11.6 Å². The Hall–Kier alpha value is -1.09. The van der Waals surface area contributed by atoms with Crippen LogP contribution in [0.3, 0.4) is 0 Å². The lowest BCUT2D eigenvalue weighted by Gasteiger charge is -2.43. The van der Waals surface area contributed by atoms with E-state index in [2.05, 4.69) is 18.8 Å². The second-order valence-electron chi connectivity index (χ2n) is 5.48. The van der Waals surface area contributed by atoms with Crippen LogP contribution in [-0.4, -0.2) is 10.1 Å². The van der Waals surface area contributed by atoms with Gasteiger partial charge < -0.3 is 10.8 Å². The number of aromatic nitrogens is 1. The lowest BCUT2D eigenvalue weighted by atomic mass is 9.67. The van der Waals surface area contributed by atoms with Gasteiger partial charge in [0.2, 0.25) is 0 Å². The summed E-state index contributed by atoms with van der Waals surface area (Å²) in [5.41, 5.74) is 6.69. The van der Waals surface area contributed by atoms with E-state index >= 15 is 0 Å². The van der Waals surface area contributed by atoms with Gasteiger partial charge in [0.15, 0.2) is 0 Å². The van der Waals surface area contributed by atoms with Crippen molar-refractivity contribution in [3.8, 4) is 0 Å². The van der Waals surface area contributed by atoms with Gasteiger partial charge in [-0.05, 0) is 30.7 Å². The zero-order chi connectivity index (χ0) is 12.5. The predicted molar refractivity (Wildman–Crippen MR) is 69.3 cm³/mol. The van der Waals surface area contributed by atoms with Gasteiger partial charge in [0.25, 0.3) is 0 Å². The molecule has 1 aromatic rings. The van der Waals surface area contributed by atoms with Gasteiger partial charge >= 0.3 is 0 Å². The summed E-state index contributed by atoms with van der Waals surface area (Å²) in [6.07, 6.45) is 7.54. The van der Waals surface area contributed by atoms with Gasteiger partial charge in [-0.3, -0.25) is 4.98 Å². The van der Waals surface area contributed by atoms with Crippen molar-refractivity contribution in [2.75, 3.05) is 5.73 Å². The molecule has 3 nitrogen and oxygen atoms in total. The minimum absolute atomic E-state index is 0.280. The Morgan fingerprint density at radius 1 is 1.47 bits per heavy atom. The van der Waals surface area contributed by atoms with Gasteiger partial charge in [-0.25, -0.2) is 0 Å². The normalized spacial score (nSPS) is 29.5. The average molecular weight is 234 g/mol. The molecule has 0 aliphatic heterocycles. The maximum atomic E-state index is 11.0. The fraction of sp³-hybridized carbons (Fsp3) is 0.643. The summed E-state index contributed by atoms with van der Waals surface area (Å²) in [6.45, 7) is 4.35. The summed E-state index contributed by atoms with van der Waals surface area (Å²) in [7, 11) is 0. The molecule has 1 aliphatic carbocycles. The summed E-state index contributed by atoms with van der Waals surface area (Å²) in [6, 6.07) is 1.78. The number of aliphatic hydroxyl groups is 1. The van der Waals surface area contributed by atoms with Crippen LogP contribution in [0.2, 0.25) is 0 Å². The Morgan fingerprint density at radius 2 is 2.24 bits per heavy atom. The lowest BCUT2D eigenvalue weighted by Crippen LogP contribution is -2.41. The van der Waals surface area contributed by atoms with Gasteiger partial charge in [0.05, 0.1) is 5.60 Å². The third-order valence-corrected chi connectivity index (χ3v) is 4.06. The lowest BCUT2D eigenvalue weighted by molar-refractivity contribution is -0.0717. The number of pyridine rings is 1. The van der Waals surface area contributed by atoms with Crippen molar-refractivity contribution in [3.63, 3.8) is 0 Å². The van der Waals surface area contributed by atoms with Crippen LogP contribution in [0, 0.1) is 11.8 Å². The molecule has 94 valence electrons. The highest BCUT2D eigenvalue weighted by atomic mass is 16.3. The molecule has 0 aromatic carbocycles. The standard InChI is InChI=1S/C14H22N2O/c1-10(2)11-5-3-4-7-14(11,17)12-9-16-8-6-13(12)15/h6,8-11,17H,3-5,7H2,1-2H3,(H2,15,16). The Morgan fingerprint density at radius 3 is 2.88 bits per heavy atom. The first kappa shape index (κ1) is 12.4. The first-order valence-electron chi connectivity index (χ1n) is 6.48. The molecular weight excluding hydrogens is 212 g/mol. The molecular formula is C14H22N2O. The highest BCUT2D eigenvalue weighted by molar-refractivity contribution is 5.48. The third kappa shape index (κ3) is 2.16. The molecule has 3 N–H and O–H groups in total. The number of nitrogens with zero attached hydrogens (tertiary/aromatic N) is 1. The number of nitrogen functional groups attached to an aromatic ring is 1. The molecule has 2 rings (SSSR count). The molecule has 0 radical (unpaired) electrons. The average Bonchev–Trinajstić information content (AvgIpc) is 2.29. The first-order chi connectivity index (χ1) is 8.05. The summed E-state index contributed by atoms with van der Waals surface area (Å²) >= 11 is 0. The maximum Gasteiger partial charge on any atom is 0.0961 e. The highest BCUT2D eigenvalue weighted by Crippen LogP contribution is 2.46. The summed E-state index contributed by atoms with van der Waals surface area (Å²) in [4.78, 5) is 4.12. The fourth-order valence-electron chi connectivity index (χ4n) is 3.17. The molecule has 0 spiro atoms. The maximum absolute atomic E-state index is 11.0. The van der Waals surface area contributed by atoms with Crippen molar-refractivity contribution in [3.05, 3.63) is 24.0 Å². The van der Waals surface area contributed by atoms with E-state index in [1.807, 2.05) is 0 Å². The zero-order valence-corrected chi connectivity index (χ0v) is 10.7. The number of hydrogen-bond acceptors (Lipinski definition) is 3. The van der Waals surface area contributed by atoms with Crippen LogP contribution >= 0.6 is 0 Å². The third-order valence-electron chi connectivity index (χ3n) is 4.06. The van der Waals surface area contributed by atoms with E-state index < -0.39 is 5.60 Å². The minimum atomic E-state index is -0.787. The molecule has 1 heterocycles. The molecule has 0 amide bonds. The smallest absolute Gasteiger partial charge is 0.0961 e. The van der Waals surface area contributed by atoms with E-state index in [1.165, 1.54) is 6.42 Å². The van der Waals surface area contributed by atoms with Gasteiger partial charge in [0, 0.05) is 23.6 Å². The molecule has 2 unspecified atom stereocenters. The quantitative estimate of drug-likeness (QED) is 0.827. The topological polar surface area (TPSA) is 59.1 Å². The van der Waals surface area contributed by atoms with E-state index in [9.17, 15) is 5.11 Å². The second kappa shape index (κ2) is 4.65. The number of anilines is 1. The second-order valence-corrected chi connectivity index (χ2v) is 5.48. The number of hydrogen-bond donors (Lipinski definition) is 2. The van der Waals surface area contributed by atoms with Gasteiger partial charge in [-0.2, -0.15) is 0 Å². The van der Waals surface area contributed by atoms with Crippen molar-refractivity contribution in [1.82, 2.24) is 4.98 Å². The first-order valence-corrected chi connectivity index (χ1v) is 6.48. The predicted octanol–water partition coefficient (Wildman–Crippen LogP) is 2.70. The molecule has 17 heavy (non-hydrogen) atoms. The van der Waals surface area contributed by atoms with Crippen LogP contribution in [0.15, 0.2) is 18.5 Å². The van der Waals surface area contributed by atoms with Crippen molar-refractivity contribution in [2.24, 2.45) is 11.8 Å². The van der Waals surface area contributed by atoms with Crippen LogP contribution in [-0.2, 0) is 5.60 Å². The van der Waals surface area contributed by atoms with Crippen LogP contribution in [0.4, 0.5) is 5.69 Å². The van der Waals surface area contributed by atoms with Crippen molar-refractivity contribution >= 4 is 5.69 Å². The van der Waals surface area contributed by atoms with Crippen LogP contribution in [0.25, 0.3) is 0 Å². The van der Waals surface area contributed by atoms with Crippen molar-refractivity contribution in [2.45, 2.75) is 45.1 Å². The summed E-state index contributed by atoms with van der Waals surface area (Å²) < 4.78 is 0. The fourth-order valence-corrected chi connectivity index (χ4v) is 3.17. The van der Waals surface area contributed by atoms with Crippen molar-refractivity contribution < 1.29 is 5.11 Å². The van der Waals surface area contributed by atoms with Crippen LogP contribution < -0.4 is 5.73 Å². The van der Waals surface area contributed by atoms with Crippen molar-refractivity contribution in [1.29, 1.82) is 0 Å². The zero-order valence-electron chi connectivity index (χ0n) is 10.7. The molecule has 0 bridgehead atoms. The molecule has 2 atom stereocenters. The molecule has 1 aromatic heterocycles. The number of nitrogens with two attached hydrogens (primary N) is 1. The van der Waals surface area contributed by atoms with Gasteiger partial charge in [-0.15, -0.1) is 0 Å². The summed E-state index contributed by atoms with van der Waals surface area (Å²) in [5, 5.41) is 11.0. The van der Waals surface area contributed by atoms with E-state index in [4.69, 9.17) is 5.73 Å². The Bertz CT molecular complexity index is 392. The molecule has 3 heteroatoms. The van der Waals surface area contributed by atoms with Crippen LogP contribution in [0.5, 0.6) is 0 Å². The van der Waals surface area contributed by atoms with Gasteiger partial charge in [0.1, 0.15) is 0 Å². The molecule has 1 aliphatic rings. The molecule has 1 saturated carbocycles. The van der Waals surface area contributed by atoms with E-state index in [-0.39, 0.29) is 5.92 Å². The Kier molecular flexibility index (Phi) is 3.38.